The van der Waals surface area contributed by atoms with Crippen molar-refractivity contribution in [3.8, 4) is 5.75 Å². The van der Waals surface area contributed by atoms with Crippen LogP contribution in [0, 0.1) is 24.6 Å². The second-order valence-electron chi connectivity index (χ2n) is 9.11. The summed E-state index contributed by atoms with van der Waals surface area (Å²) in [5.74, 6) is 1.59. The van der Waals surface area contributed by atoms with Crippen LogP contribution in [0.1, 0.15) is 42.4 Å². The number of phenolic OH excluding ortho intramolecular Hbond substituents is 1. The molecular weight excluding hydrogens is 353 g/mol. The van der Waals surface area contributed by atoms with E-state index < -0.39 is 5.60 Å². The Kier molecular flexibility index (Phi) is 5.19. The zero-order valence-electron chi connectivity index (χ0n) is 16.7. The fourth-order valence-electron chi connectivity index (χ4n) is 5.36. The Hall–Kier alpha value is -1.91. The maximum atomic E-state index is 13.4. The predicted molar refractivity (Wildman–Crippen MR) is 109 cm³/mol. The summed E-state index contributed by atoms with van der Waals surface area (Å²) < 4.78 is 13.4. The molecule has 28 heavy (non-hydrogen) atoms. The molecule has 0 spiro atoms. The number of aliphatic hydroxyl groups is 1. The molecule has 0 aromatic heterocycles. The lowest BCUT2D eigenvalue weighted by Crippen LogP contribution is -2.33. The largest absolute Gasteiger partial charge is 0.508 e. The number of fused-ring (bicyclic) bond motifs is 1. The van der Waals surface area contributed by atoms with E-state index in [0.29, 0.717) is 29.9 Å². The van der Waals surface area contributed by atoms with Gasteiger partial charge in [0.2, 0.25) is 0 Å². The van der Waals surface area contributed by atoms with Crippen molar-refractivity contribution in [2.24, 2.45) is 11.8 Å². The third kappa shape index (κ3) is 4.08. The first-order valence-corrected chi connectivity index (χ1v) is 10.3. The minimum atomic E-state index is -0.660. The van der Waals surface area contributed by atoms with E-state index in [4.69, 9.17) is 0 Å². The van der Waals surface area contributed by atoms with E-state index in [-0.39, 0.29) is 5.82 Å². The molecule has 2 aromatic carbocycles. The molecule has 2 N–H and O–H groups in total. The molecule has 1 saturated heterocycles. The van der Waals surface area contributed by atoms with Gasteiger partial charge in [-0.05, 0) is 78.5 Å². The van der Waals surface area contributed by atoms with Gasteiger partial charge in [-0.15, -0.1) is 0 Å². The van der Waals surface area contributed by atoms with Crippen LogP contribution in [-0.2, 0) is 6.42 Å². The van der Waals surface area contributed by atoms with Gasteiger partial charge in [0.15, 0.2) is 0 Å². The SMILES string of the molecule is Cc1cc(F)ccc1C[C@]1(O)C[C@H]2CN(CC(C)c3ccc(O)cc3)C[C@H]2C1. The molecule has 1 heterocycles. The first kappa shape index (κ1) is 19.4. The highest BCUT2D eigenvalue weighted by Crippen LogP contribution is 2.45. The lowest BCUT2D eigenvalue weighted by Gasteiger charge is -2.28. The molecule has 0 bridgehead atoms. The highest BCUT2D eigenvalue weighted by molar-refractivity contribution is 5.29. The molecule has 1 aliphatic heterocycles. The van der Waals surface area contributed by atoms with Gasteiger partial charge in [-0.3, -0.25) is 0 Å². The number of rotatable bonds is 5. The summed E-state index contributed by atoms with van der Waals surface area (Å²) in [5.41, 5.74) is 2.57. The fraction of sp³-hybridized carbons (Fsp3) is 0.500. The van der Waals surface area contributed by atoms with Crippen LogP contribution in [-0.4, -0.2) is 40.3 Å². The van der Waals surface area contributed by atoms with Crippen LogP contribution in [0.15, 0.2) is 42.5 Å². The molecule has 1 saturated carbocycles. The summed E-state index contributed by atoms with van der Waals surface area (Å²) in [7, 11) is 0. The number of aromatic hydroxyl groups is 1. The molecule has 0 radical (unpaired) electrons. The number of halogens is 1. The standard InChI is InChI=1S/C24H30FNO2/c1-16-9-22(25)6-3-19(16)10-24(28)11-20-14-26(15-21(20)12-24)13-17(2)18-4-7-23(27)8-5-18/h3-9,17,20-21,27-28H,10-15H2,1-2H3/t17?,20-,21+,24-. The van der Waals surface area contributed by atoms with Crippen LogP contribution < -0.4 is 0 Å². The van der Waals surface area contributed by atoms with Gasteiger partial charge in [-0.25, -0.2) is 4.39 Å². The van der Waals surface area contributed by atoms with Crippen molar-refractivity contribution in [2.75, 3.05) is 19.6 Å². The van der Waals surface area contributed by atoms with Gasteiger partial charge in [0.25, 0.3) is 0 Å². The van der Waals surface area contributed by atoms with E-state index in [1.54, 1.807) is 18.2 Å². The lowest BCUT2D eigenvalue weighted by molar-refractivity contribution is 0.0351. The van der Waals surface area contributed by atoms with E-state index in [2.05, 4.69) is 11.8 Å². The number of benzene rings is 2. The number of hydrogen-bond acceptors (Lipinski definition) is 3. The van der Waals surface area contributed by atoms with Gasteiger partial charge in [0.1, 0.15) is 11.6 Å². The van der Waals surface area contributed by atoms with Gasteiger partial charge >= 0.3 is 0 Å². The van der Waals surface area contributed by atoms with Crippen molar-refractivity contribution < 1.29 is 14.6 Å². The van der Waals surface area contributed by atoms with Crippen molar-refractivity contribution in [3.05, 3.63) is 65.0 Å². The number of nitrogens with zero attached hydrogens (tertiary/aromatic N) is 1. The van der Waals surface area contributed by atoms with Gasteiger partial charge in [0.05, 0.1) is 5.60 Å². The molecule has 1 aliphatic carbocycles. The zero-order valence-corrected chi connectivity index (χ0v) is 16.7. The number of hydrogen-bond donors (Lipinski definition) is 2. The maximum absolute atomic E-state index is 13.4. The third-order valence-corrected chi connectivity index (χ3v) is 6.75. The Bertz CT molecular complexity index is 821. The van der Waals surface area contributed by atoms with Crippen molar-refractivity contribution in [3.63, 3.8) is 0 Å². The molecule has 1 unspecified atom stereocenters. The summed E-state index contributed by atoms with van der Waals surface area (Å²) in [6.45, 7) is 7.24. The van der Waals surface area contributed by atoms with Crippen LogP contribution in [0.5, 0.6) is 5.75 Å². The minimum Gasteiger partial charge on any atom is -0.508 e. The summed E-state index contributed by atoms with van der Waals surface area (Å²) in [5, 5.41) is 20.6. The summed E-state index contributed by atoms with van der Waals surface area (Å²) in [4.78, 5) is 2.52. The first-order chi connectivity index (χ1) is 13.3. The van der Waals surface area contributed by atoms with E-state index in [9.17, 15) is 14.6 Å². The van der Waals surface area contributed by atoms with Crippen molar-refractivity contribution in [1.82, 2.24) is 4.90 Å². The smallest absolute Gasteiger partial charge is 0.123 e. The molecule has 2 aromatic rings. The minimum absolute atomic E-state index is 0.213. The van der Waals surface area contributed by atoms with Crippen LogP contribution >= 0.6 is 0 Å². The second kappa shape index (κ2) is 7.49. The highest BCUT2D eigenvalue weighted by atomic mass is 19.1. The second-order valence-corrected chi connectivity index (χ2v) is 9.11. The molecule has 2 fully saturated rings. The topological polar surface area (TPSA) is 43.7 Å². The van der Waals surface area contributed by atoms with Crippen LogP contribution in [0.2, 0.25) is 0 Å². The summed E-state index contributed by atoms with van der Waals surface area (Å²) in [6.07, 6.45) is 2.28. The van der Waals surface area contributed by atoms with Gasteiger partial charge in [-0.1, -0.05) is 25.1 Å². The van der Waals surface area contributed by atoms with E-state index >= 15 is 0 Å². The molecule has 150 valence electrons. The normalized spacial score (nSPS) is 28.4. The maximum Gasteiger partial charge on any atom is 0.123 e. The number of aryl methyl sites for hydroxylation is 1. The molecule has 4 rings (SSSR count). The molecular formula is C24H30FNO2. The Labute approximate surface area is 166 Å². The monoisotopic (exact) mass is 383 g/mol. The molecule has 4 heteroatoms. The first-order valence-electron chi connectivity index (χ1n) is 10.3. The Morgan fingerprint density at radius 2 is 1.75 bits per heavy atom. The zero-order chi connectivity index (χ0) is 19.9. The molecule has 2 aliphatic rings. The van der Waals surface area contributed by atoms with E-state index in [0.717, 1.165) is 43.6 Å². The Balaban J connectivity index is 1.34. The molecule has 4 atom stereocenters. The van der Waals surface area contributed by atoms with Gasteiger partial charge in [-0.2, -0.15) is 0 Å². The average molecular weight is 384 g/mol. The highest BCUT2D eigenvalue weighted by Gasteiger charge is 2.48. The van der Waals surface area contributed by atoms with Crippen molar-refractivity contribution >= 4 is 0 Å². The van der Waals surface area contributed by atoms with Crippen molar-refractivity contribution in [2.45, 2.75) is 44.6 Å². The number of phenols is 1. The summed E-state index contributed by atoms with van der Waals surface area (Å²) in [6, 6.07) is 12.4. The Morgan fingerprint density at radius 3 is 2.36 bits per heavy atom. The Morgan fingerprint density at radius 1 is 1.11 bits per heavy atom. The van der Waals surface area contributed by atoms with Crippen LogP contribution in [0.4, 0.5) is 4.39 Å². The lowest BCUT2D eigenvalue weighted by atomic mass is 9.89. The van der Waals surface area contributed by atoms with Gasteiger partial charge in [0, 0.05) is 26.1 Å². The number of likely N-dealkylation sites (tertiary alicyclic amines) is 1. The predicted octanol–water partition coefficient (Wildman–Crippen LogP) is 4.26. The van der Waals surface area contributed by atoms with E-state index in [1.165, 1.54) is 11.6 Å². The van der Waals surface area contributed by atoms with Gasteiger partial charge < -0.3 is 15.1 Å². The van der Waals surface area contributed by atoms with Crippen LogP contribution in [0.25, 0.3) is 0 Å². The quantitative estimate of drug-likeness (QED) is 0.811. The van der Waals surface area contributed by atoms with E-state index in [1.807, 2.05) is 25.1 Å². The summed E-state index contributed by atoms with van der Waals surface area (Å²) >= 11 is 0. The van der Waals surface area contributed by atoms with Crippen LogP contribution in [0.3, 0.4) is 0 Å². The van der Waals surface area contributed by atoms with Crippen molar-refractivity contribution in [1.29, 1.82) is 0 Å². The average Bonchev–Trinajstić information content (AvgIpc) is 3.12. The molecule has 0 amide bonds. The molecule has 3 nitrogen and oxygen atoms in total. The fourth-order valence-corrected chi connectivity index (χ4v) is 5.36. The third-order valence-electron chi connectivity index (χ3n) is 6.75.